The number of carbonyl (C=O) groups is 1. The average molecular weight is 198 g/mol. The Hall–Kier alpha value is -1.40. The van der Waals surface area contributed by atoms with Crippen LogP contribution in [0.5, 0.6) is 0 Å². The first-order chi connectivity index (χ1) is 6.07. The van der Waals surface area contributed by atoms with Gasteiger partial charge >= 0.3 is 0 Å². The molecule has 0 atom stereocenters. The van der Waals surface area contributed by atoms with E-state index in [4.69, 9.17) is 16.9 Å². The average Bonchev–Trinajstić information content (AvgIpc) is 2.04. The van der Waals surface area contributed by atoms with Gasteiger partial charge in [0.05, 0.1) is 10.6 Å². The second-order valence-electron chi connectivity index (χ2n) is 2.45. The number of hydrogen-bond acceptors (Lipinski definition) is 2. The van der Waals surface area contributed by atoms with E-state index in [1.165, 1.54) is 19.1 Å². The molecule has 0 bridgehead atoms. The van der Waals surface area contributed by atoms with E-state index in [0.29, 0.717) is 0 Å². The molecule has 0 N–H and O–H groups in total. The Balaban J connectivity index is 3.47. The molecule has 0 amide bonds. The SMILES string of the molecule is CC(=O)c1ccc(Cl)c(C#N)c1F. The number of carbonyl (C=O) groups excluding carboxylic acids is 1. The summed E-state index contributed by atoms with van der Waals surface area (Å²) in [5, 5.41) is 8.54. The standard InChI is InChI=1S/C9H5ClFNO/c1-5(13)6-2-3-8(10)7(4-12)9(6)11/h2-3H,1H3. The van der Waals surface area contributed by atoms with Crippen molar-refractivity contribution in [2.24, 2.45) is 0 Å². The molecule has 4 heteroatoms. The lowest BCUT2D eigenvalue weighted by Crippen LogP contribution is -1.99. The first-order valence-electron chi connectivity index (χ1n) is 3.47. The molecule has 0 heterocycles. The predicted molar refractivity (Wildman–Crippen MR) is 46.1 cm³/mol. The monoisotopic (exact) mass is 197 g/mol. The number of Topliss-reactive ketones (excluding diaryl/α,β-unsaturated/α-hetero) is 1. The van der Waals surface area contributed by atoms with E-state index < -0.39 is 11.6 Å². The third kappa shape index (κ3) is 1.68. The predicted octanol–water partition coefficient (Wildman–Crippen LogP) is 2.55. The highest BCUT2D eigenvalue weighted by Crippen LogP contribution is 2.21. The largest absolute Gasteiger partial charge is 0.294 e. The van der Waals surface area contributed by atoms with Crippen LogP contribution in [0.25, 0.3) is 0 Å². The molecule has 1 aromatic carbocycles. The van der Waals surface area contributed by atoms with Crippen molar-refractivity contribution < 1.29 is 9.18 Å². The van der Waals surface area contributed by atoms with Crippen molar-refractivity contribution in [1.29, 1.82) is 5.26 Å². The molecule has 0 spiro atoms. The second kappa shape index (κ2) is 3.55. The van der Waals surface area contributed by atoms with Gasteiger partial charge in [-0.25, -0.2) is 4.39 Å². The van der Waals surface area contributed by atoms with Gasteiger partial charge in [0.2, 0.25) is 0 Å². The van der Waals surface area contributed by atoms with Crippen molar-refractivity contribution >= 4 is 17.4 Å². The summed E-state index contributed by atoms with van der Waals surface area (Å²) in [4.78, 5) is 10.9. The molecule has 13 heavy (non-hydrogen) atoms. The topological polar surface area (TPSA) is 40.9 Å². The lowest BCUT2D eigenvalue weighted by Gasteiger charge is -2.01. The van der Waals surface area contributed by atoms with E-state index in [0.717, 1.165) is 0 Å². The Morgan fingerprint density at radius 1 is 1.62 bits per heavy atom. The Morgan fingerprint density at radius 2 is 2.23 bits per heavy atom. The van der Waals surface area contributed by atoms with Crippen molar-refractivity contribution in [3.63, 3.8) is 0 Å². The molecule has 0 radical (unpaired) electrons. The number of rotatable bonds is 1. The zero-order valence-electron chi connectivity index (χ0n) is 6.77. The molecule has 2 nitrogen and oxygen atoms in total. The molecule has 66 valence electrons. The van der Waals surface area contributed by atoms with Crippen LogP contribution < -0.4 is 0 Å². The van der Waals surface area contributed by atoms with Crippen molar-refractivity contribution in [1.82, 2.24) is 0 Å². The number of benzene rings is 1. The van der Waals surface area contributed by atoms with E-state index in [-0.39, 0.29) is 16.1 Å². The molecule has 0 unspecified atom stereocenters. The molecule has 0 aliphatic rings. The highest BCUT2D eigenvalue weighted by Gasteiger charge is 2.14. The summed E-state index contributed by atoms with van der Waals surface area (Å²) in [6.07, 6.45) is 0. The fraction of sp³-hybridized carbons (Fsp3) is 0.111. The van der Waals surface area contributed by atoms with Gasteiger partial charge in [-0.05, 0) is 19.1 Å². The van der Waals surface area contributed by atoms with Crippen LogP contribution in [0.15, 0.2) is 12.1 Å². The zero-order valence-corrected chi connectivity index (χ0v) is 7.52. The summed E-state index contributed by atoms with van der Waals surface area (Å²) in [7, 11) is 0. The lowest BCUT2D eigenvalue weighted by atomic mass is 10.1. The van der Waals surface area contributed by atoms with Gasteiger partial charge in [-0.1, -0.05) is 11.6 Å². The number of ketones is 1. The van der Waals surface area contributed by atoms with E-state index in [1.54, 1.807) is 6.07 Å². The molecule has 0 aliphatic heterocycles. The minimum atomic E-state index is -0.845. The molecule has 0 aliphatic carbocycles. The second-order valence-corrected chi connectivity index (χ2v) is 2.86. The van der Waals surface area contributed by atoms with Crippen LogP contribution in [0.1, 0.15) is 22.8 Å². The maximum Gasteiger partial charge on any atom is 0.162 e. The van der Waals surface area contributed by atoms with Crippen LogP contribution in [0.2, 0.25) is 5.02 Å². The number of halogens is 2. The van der Waals surface area contributed by atoms with Crippen molar-refractivity contribution in [3.05, 3.63) is 34.1 Å². The quantitative estimate of drug-likeness (QED) is 0.650. The molecule has 1 rings (SSSR count). The van der Waals surface area contributed by atoms with Gasteiger partial charge in [-0.2, -0.15) is 5.26 Å². The maximum absolute atomic E-state index is 13.3. The van der Waals surface area contributed by atoms with E-state index in [1.807, 2.05) is 0 Å². The van der Waals surface area contributed by atoms with Crippen LogP contribution in [0.3, 0.4) is 0 Å². The summed E-state index contributed by atoms with van der Waals surface area (Å²) in [5.41, 5.74) is -0.393. The Labute approximate surface area is 79.5 Å². The summed E-state index contributed by atoms with van der Waals surface area (Å²) < 4.78 is 13.3. The number of hydrogen-bond donors (Lipinski definition) is 0. The maximum atomic E-state index is 13.3. The van der Waals surface area contributed by atoms with Crippen LogP contribution in [-0.2, 0) is 0 Å². The van der Waals surface area contributed by atoms with Crippen molar-refractivity contribution in [2.75, 3.05) is 0 Å². The Morgan fingerprint density at radius 3 is 2.69 bits per heavy atom. The third-order valence-corrected chi connectivity index (χ3v) is 1.90. The highest BCUT2D eigenvalue weighted by molar-refractivity contribution is 6.31. The first-order valence-corrected chi connectivity index (χ1v) is 3.84. The van der Waals surface area contributed by atoms with Crippen LogP contribution in [0, 0.1) is 17.1 Å². The molecule has 0 aromatic heterocycles. The molecular weight excluding hydrogens is 193 g/mol. The summed E-state index contributed by atoms with van der Waals surface area (Å²) in [6, 6.07) is 4.20. The molecule has 0 saturated heterocycles. The Kier molecular flexibility index (Phi) is 2.64. The van der Waals surface area contributed by atoms with Gasteiger partial charge in [-0.3, -0.25) is 4.79 Å². The minimum Gasteiger partial charge on any atom is -0.294 e. The summed E-state index contributed by atoms with van der Waals surface area (Å²) >= 11 is 5.53. The van der Waals surface area contributed by atoms with Gasteiger partial charge < -0.3 is 0 Å². The van der Waals surface area contributed by atoms with Crippen LogP contribution in [0.4, 0.5) is 4.39 Å². The fourth-order valence-corrected chi connectivity index (χ4v) is 1.12. The van der Waals surface area contributed by atoms with Gasteiger partial charge in [0, 0.05) is 0 Å². The summed E-state index contributed by atoms with van der Waals surface area (Å²) in [6.45, 7) is 1.23. The van der Waals surface area contributed by atoms with E-state index in [2.05, 4.69) is 0 Å². The number of nitrogens with zero attached hydrogens (tertiary/aromatic N) is 1. The molecule has 0 saturated carbocycles. The van der Waals surface area contributed by atoms with Crippen LogP contribution >= 0.6 is 11.6 Å². The molecular formula is C9H5ClFNO. The van der Waals surface area contributed by atoms with Crippen molar-refractivity contribution in [3.8, 4) is 6.07 Å². The van der Waals surface area contributed by atoms with Gasteiger partial charge in [0.15, 0.2) is 11.6 Å². The number of nitriles is 1. The highest BCUT2D eigenvalue weighted by atomic mass is 35.5. The van der Waals surface area contributed by atoms with Gasteiger partial charge in [-0.15, -0.1) is 0 Å². The van der Waals surface area contributed by atoms with E-state index >= 15 is 0 Å². The first kappa shape index (κ1) is 9.69. The fourth-order valence-electron chi connectivity index (χ4n) is 0.927. The van der Waals surface area contributed by atoms with Crippen molar-refractivity contribution in [2.45, 2.75) is 6.92 Å². The van der Waals surface area contributed by atoms with E-state index in [9.17, 15) is 9.18 Å². The molecule has 1 aromatic rings. The minimum absolute atomic E-state index is 0.0185. The third-order valence-electron chi connectivity index (χ3n) is 1.58. The van der Waals surface area contributed by atoms with Crippen LogP contribution in [-0.4, -0.2) is 5.78 Å². The lowest BCUT2D eigenvalue weighted by molar-refractivity contribution is 0.101. The normalized spacial score (nSPS) is 9.38. The zero-order chi connectivity index (χ0) is 10.0. The molecule has 0 fully saturated rings. The van der Waals surface area contributed by atoms with Gasteiger partial charge in [0.25, 0.3) is 0 Å². The summed E-state index contributed by atoms with van der Waals surface area (Å²) in [5.74, 6) is -1.27. The smallest absolute Gasteiger partial charge is 0.162 e. The van der Waals surface area contributed by atoms with Gasteiger partial charge in [0.1, 0.15) is 11.6 Å². The Bertz CT molecular complexity index is 409.